The maximum absolute atomic E-state index is 3.61. The van der Waals surface area contributed by atoms with Crippen LogP contribution in [0.15, 0.2) is 30.3 Å². The molecular weight excluding hydrogens is 206 g/mol. The second-order valence-electron chi connectivity index (χ2n) is 5.33. The molecule has 0 saturated carbocycles. The van der Waals surface area contributed by atoms with E-state index in [9.17, 15) is 0 Å². The summed E-state index contributed by atoms with van der Waals surface area (Å²) in [5.41, 5.74) is 7.34. The van der Waals surface area contributed by atoms with E-state index in [0.717, 1.165) is 6.42 Å². The molecule has 1 heteroatoms. The molecule has 0 spiro atoms. The number of aromatic nitrogens is 1. The fourth-order valence-corrected chi connectivity index (χ4v) is 2.69. The number of H-pyrrole nitrogens is 1. The van der Waals surface area contributed by atoms with E-state index in [1.807, 2.05) is 0 Å². The Bertz CT molecular complexity index is 534. The lowest BCUT2D eigenvalue weighted by molar-refractivity contribution is 0.824. The van der Waals surface area contributed by atoms with E-state index in [1.165, 1.54) is 40.9 Å². The van der Waals surface area contributed by atoms with Crippen molar-refractivity contribution in [3.05, 3.63) is 58.4 Å². The third-order valence-corrected chi connectivity index (χ3v) is 3.78. The normalized spacial score (nSPS) is 14.3. The number of hydrogen-bond donors (Lipinski definition) is 1. The van der Waals surface area contributed by atoms with Crippen LogP contribution in [-0.2, 0) is 19.3 Å². The first-order chi connectivity index (χ1) is 8.24. The number of benzene rings is 1. The molecule has 0 amide bonds. The minimum atomic E-state index is 0.595. The minimum Gasteiger partial charge on any atom is -0.362 e. The molecule has 0 aliphatic heterocycles. The van der Waals surface area contributed by atoms with Crippen molar-refractivity contribution in [2.24, 2.45) is 0 Å². The van der Waals surface area contributed by atoms with Gasteiger partial charge in [0.2, 0.25) is 0 Å². The Hall–Kier alpha value is -1.50. The van der Waals surface area contributed by atoms with E-state index >= 15 is 0 Å². The highest BCUT2D eigenvalue weighted by Gasteiger charge is 2.16. The number of fused-ring (bicyclic) bond motifs is 2. The van der Waals surface area contributed by atoms with Crippen LogP contribution in [-0.4, -0.2) is 4.98 Å². The van der Waals surface area contributed by atoms with Crippen LogP contribution in [0.25, 0.3) is 0 Å². The van der Waals surface area contributed by atoms with Gasteiger partial charge in [-0.15, -0.1) is 0 Å². The molecule has 1 aliphatic rings. The molecule has 1 nitrogen and oxygen atoms in total. The number of aromatic amines is 1. The first kappa shape index (κ1) is 10.6. The smallest absolute Gasteiger partial charge is 0.0226 e. The molecule has 3 rings (SSSR count). The van der Waals surface area contributed by atoms with Crippen molar-refractivity contribution in [1.29, 1.82) is 0 Å². The van der Waals surface area contributed by atoms with Crippen molar-refractivity contribution in [2.45, 2.75) is 39.0 Å². The van der Waals surface area contributed by atoms with E-state index in [1.54, 1.807) is 0 Å². The summed E-state index contributed by atoms with van der Waals surface area (Å²) in [6, 6.07) is 11.2. The van der Waals surface area contributed by atoms with E-state index < -0.39 is 0 Å². The lowest BCUT2D eigenvalue weighted by Crippen LogP contribution is -1.94. The number of aryl methyl sites for hydroxylation is 2. The predicted molar refractivity (Wildman–Crippen MR) is 71.5 cm³/mol. The molecule has 1 aliphatic carbocycles. The molecule has 1 N–H and O–H groups in total. The second-order valence-corrected chi connectivity index (χ2v) is 5.33. The molecule has 1 heterocycles. The molecule has 0 atom stereocenters. The third-order valence-electron chi connectivity index (χ3n) is 3.78. The zero-order chi connectivity index (χ0) is 11.8. The summed E-state index contributed by atoms with van der Waals surface area (Å²) >= 11 is 0. The highest BCUT2D eigenvalue weighted by atomic mass is 14.7. The topological polar surface area (TPSA) is 15.8 Å². The molecule has 88 valence electrons. The summed E-state index contributed by atoms with van der Waals surface area (Å²) < 4.78 is 0. The summed E-state index contributed by atoms with van der Waals surface area (Å²) in [5, 5.41) is 0. The Kier molecular flexibility index (Phi) is 2.54. The molecule has 2 aromatic rings. The Morgan fingerprint density at radius 2 is 1.71 bits per heavy atom. The van der Waals surface area contributed by atoms with Gasteiger partial charge in [-0.1, -0.05) is 38.1 Å². The van der Waals surface area contributed by atoms with Gasteiger partial charge < -0.3 is 4.98 Å². The lowest BCUT2D eigenvalue weighted by atomic mass is 10.0. The van der Waals surface area contributed by atoms with Crippen molar-refractivity contribution < 1.29 is 0 Å². The van der Waals surface area contributed by atoms with Gasteiger partial charge in [0.1, 0.15) is 0 Å². The second kappa shape index (κ2) is 4.06. The summed E-state index contributed by atoms with van der Waals surface area (Å²) in [5.74, 6) is 0.595. The van der Waals surface area contributed by atoms with Gasteiger partial charge in [0.05, 0.1) is 0 Å². The SMILES string of the molecule is CC(C)c1cc2c([nH]1)Cc1ccccc1CC2. The first-order valence-corrected chi connectivity index (χ1v) is 6.51. The number of nitrogens with one attached hydrogen (secondary N) is 1. The number of rotatable bonds is 1. The molecular formula is C16H19N. The summed E-state index contributed by atoms with van der Waals surface area (Å²) in [4.78, 5) is 3.61. The van der Waals surface area contributed by atoms with E-state index in [4.69, 9.17) is 0 Å². The Morgan fingerprint density at radius 1 is 1.00 bits per heavy atom. The summed E-state index contributed by atoms with van der Waals surface area (Å²) in [7, 11) is 0. The fraction of sp³-hybridized carbons (Fsp3) is 0.375. The minimum absolute atomic E-state index is 0.595. The first-order valence-electron chi connectivity index (χ1n) is 6.51. The maximum Gasteiger partial charge on any atom is 0.0226 e. The predicted octanol–water partition coefficient (Wildman–Crippen LogP) is 3.83. The largest absolute Gasteiger partial charge is 0.362 e. The van der Waals surface area contributed by atoms with Crippen molar-refractivity contribution in [1.82, 2.24) is 4.98 Å². The highest BCUT2D eigenvalue weighted by molar-refractivity contribution is 5.39. The molecule has 17 heavy (non-hydrogen) atoms. The fourth-order valence-electron chi connectivity index (χ4n) is 2.69. The van der Waals surface area contributed by atoms with Crippen LogP contribution in [0.2, 0.25) is 0 Å². The quantitative estimate of drug-likeness (QED) is 0.759. The number of hydrogen-bond acceptors (Lipinski definition) is 0. The average Bonchev–Trinajstić information content (AvgIpc) is 2.64. The van der Waals surface area contributed by atoms with E-state index in [-0.39, 0.29) is 0 Å². The monoisotopic (exact) mass is 225 g/mol. The van der Waals surface area contributed by atoms with Gasteiger partial charge in [-0.2, -0.15) is 0 Å². The van der Waals surface area contributed by atoms with Crippen LogP contribution in [0.1, 0.15) is 47.8 Å². The average molecular weight is 225 g/mol. The molecule has 1 aromatic heterocycles. The molecule has 1 aromatic carbocycles. The lowest BCUT2D eigenvalue weighted by Gasteiger charge is -2.05. The van der Waals surface area contributed by atoms with Crippen molar-refractivity contribution in [2.75, 3.05) is 0 Å². The van der Waals surface area contributed by atoms with Crippen molar-refractivity contribution in [3.63, 3.8) is 0 Å². The Labute approximate surface area is 103 Å². The summed E-state index contributed by atoms with van der Waals surface area (Å²) in [6.07, 6.45) is 3.42. The molecule has 0 radical (unpaired) electrons. The van der Waals surface area contributed by atoms with Gasteiger partial charge >= 0.3 is 0 Å². The van der Waals surface area contributed by atoms with Gasteiger partial charge in [0.25, 0.3) is 0 Å². The van der Waals surface area contributed by atoms with Crippen LogP contribution in [0, 0.1) is 0 Å². The molecule has 0 unspecified atom stereocenters. The van der Waals surface area contributed by atoms with Crippen LogP contribution in [0.4, 0.5) is 0 Å². The third kappa shape index (κ3) is 1.90. The molecule has 0 saturated heterocycles. The Balaban J connectivity index is 2.01. The van der Waals surface area contributed by atoms with Crippen LogP contribution in [0.3, 0.4) is 0 Å². The standard InChI is InChI=1S/C16H19N/c1-11(2)15-10-14-8-7-12-5-3-4-6-13(12)9-16(14)17-15/h3-6,10-11,17H,7-9H2,1-2H3. The van der Waals surface area contributed by atoms with Crippen LogP contribution in [0.5, 0.6) is 0 Å². The van der Waals surface area contributed by atoms with Gasteiger partial charge in [-0.05, 0) is 41.5 Å². The Morgan fingerprint density at radius 3 is 2.47 bits per heavy atom. The zero-order valence-corrected chi connectivity index (χ0v) is 10.6. The van der Waals surface area contributed by atoms with E-state index in [2.05, 4.69) is 49.2 Å². The van der Waals surface area contributed by atoms with Crippen LogP contribution < -0.4 is 0 Å². The molecule has 0 fully saturated rings. The van der Waals surface area contributed by atoms with Crippen LogP contribution >= 0.6 is 0 Å². The van der Waals surface area contributed by atoms with Gasteiger partial charge in [0.15, 0.2) is 0 Å². The maximum atomic E-state index is 3.61. The summed E-state index contributed by atoms with van der Waals surface area (Å²) in [6.45, 7) is 4.50. The van der Waals surface area contributed by atoms with E-state index in [0.29, 0.717) is 5.92 Å². The van der Waals surface area contributed by atoms with Crippen molar-refractivity contribution >= 4 is 0 Å². The zero-order valence-electron chi connectivity index (χ0n) is 10.6. The molecule has 0 bridgehead atoms. The van der Waals surface area contributed by atoms with Gasteiger partial charge in [-0.3, -0.25) is 0 Å². The van der Waals surface area contributed by atoms with Gasteiger partial charge in [-0.25, -0.2) is 0 Å². The highest BCUT2D eigenvalue weighted by Crippen LogP contribution is 2.26. The van der Waals surface area contributed by atoms with Gasteiger partial charge in [0, 0.05) is 17.8 Å². The van der Waals surface area contributed by atoms with Crippen molar-refractivity contribution in [3.8, 4) is 0 Å².